The highest BCUT2D eigenvalue weighted by Gasteiger charge is 2.23. The molecule has 2 atom stereocenters. The lowest BCUT2D eigenvalue weighted by Crippen LogP contribution is -2.43. The summed E-state index contributed by atoms with van der Waals surface area (Å²) in [6.45, 7) is 2.78. The number of nitrogens with one attached hydrogen (secondary N) is 2. The van der Waals surface area contributed by atoms with Gasteiger partial charge in [0.2, 0.25) is 5.95 Å². The number of carbonyl (C=O) groups excluding carboxylic acids is 1. The number of rotatable bonds is 6. The fourth-order valence-corrected chi connectivity index (χ4v) is 3.74. The van der Waals surface area contributed by atoms with Crippen molar-refractivity contribution in [1.29, 1.82) is 0 Å². The van der Waals surface area contributed by atoms with E-state index in [1.165, 1.54) is 0 Å². The van der Waals surface area contributed by atoms with Crippen molar-refractivity contribution in [2.75, 3.05) is 10.6 Å². The van der Waals surface area contributed by atoms with Crippen LogP contribution in [-0.2, 0) is 6.54 Å². The van der Waals surface area contributed by atoms with Gasteiger partial charge in [-0.1, -0.05) is 18.9 Å². The minimum absolute atomic E-state index is 0.0246. The maximum Gasteiger partial charge on any atom is 0.273 e. The Morgan fingerprint density at radius 1 is 1.28 bits per heavy atom. The van der Waals surface area contributed by atoms with Crippen LogP contribution in [0.25, 0.3) is 10.9 Å². The molecule has 1 aromatic carbocycles. The van der Waals surface area contributed by atoms with Crippen LogP contribution in [0.3, 0.4) is 0 Å². The molecule has 0 saturated heterocycles. The highest BCUT2D eigenvalue weighted by atomic mass is 16.1. The van der Waals surface area contributed by atoms with E-state index in [0.29, 0.717) is 5.95 Å². The molecular weight excluding hydrogens is 370 g/mol. The molecule has 3 aromatic rings. The zero-order chi connectivity index (χ0) is 20.4. The van der Waals surface area contributed by atoms with Crippen LogP contribution in [0.15, 0.2) is 24.4 Å². The summed E-state index contributed by atoms with van der Waals surface area (Å²) in [7, 11) is 0. The lowest BCUT2D eigenvalue weighted by atomic mass is 9.91. The monoisotopic (exact) mass is 395 g/mol. The van der Waals surface area contributed by atoms with Gasteiger partial charge >= 0.3 is 0 Å². The second-order valence-corrected chi connectivity index (χ2v) is 7.22. The minimum atomic E-state index is -0.704. The lowest BCUT2D eigenvalue weighted by Gasteiger charge is -2.29. The molecule has 1 aliphatic carbocycles. The van der Waals surface area contributed by atoms with Gasteiger partial charge in [0, 0.05) is 24.0 Å². The van der Waals surface area contributed by atoms with Crippen LogP contribution in [0, 0.1) is 0 Å². The number of aryl methyl sites for hydroxylation is 1. The van der Waals surface area contributed by atoms with Crippen molar-refractivity contribution < 1.29 is 4.79 Å². The Kier molecular flexibility index (Phi) is 5.26. The van der Waals surface area contributed by atoms with Crippen molar-refractivity contribution in [3.63, 3.8) is 0 Å². The zero-order valence-electron chi connectivity index (χ0n) is 16.3. The van der Waals surface area contributed by atoms with E-state index in [2.05, 4.69) is 30.9 Å². The summed E-state index contributed by atoms with van der Waals surface area (Å²) < 4.78 is 1.89. The third kappa shape index (κ3) is 3.83. The maximum absolute atomic E-state index is 11.9. The third-order valence-electron chi connectivity index (χ3n) is 5.29. The summed E-state index contributed by atoms with van der Waals surface area (Å²) in [5, 5.41) is 19.8. The van der Waals surface area contributed by atoms with E-state index in [1.54, 1.807) is 6.20 Å². The average molecular weight is 395 g/mol. The lowest BCUT2D eigenvalue weighted by molar-refractivity contribution is 0.0995. The summed E-state index contributed by atoms with van der Waals surface area (Å²) in [6.07, 6.45) is 5.91. The summed E-state index contributed by atoms with van der Waals surface area (Å²) >= 11 is 0. The Hall–Kier alpha value is -3.27. The maximum atomic E-state index is 11.9. The van der Waals surface area contributed by atoms with Crippen LogP contribution in [0.2, 0.25) is 0 Å². The number of hydrogen-bond acceptors (Lipinski definition) is 8. The number of amides is 1. The van der Waals surface area contributed by atoms with Crippen molar-refractivity contribution in [2.45, 2.75) is 51.2 Å². The van der Waals surface area contributed by atoms with Crippen molar-refractivity contribution in [3.05, 3.63) is 30.1 Å². The molecule has 1 saturated carbocycles. The second-order valence-electron chi connectivity index (χ2n) is 7.22. The van der Waals surface area contributed by atoms with Crippen LogP contribution in [0.5, 0.6) is 0 Å². The van der Waals surface area contributed by atoms with Crippen molar-refractivity contribution in [3.8, 4) is 0 Å². The summed E-state index contributed by atoms with van der Waals surface area (Å²) in [6, 6.07) is 5.90. The molecule has 1 aliphatic rings. The Balaban J connectivity index is 1.67. The number of nitrogens with two attached hydrogens (primary N) is 2. The van der Waals surface area contributed by atoms with Gasteiger partial charge in [-0.15, -0.1) is 10.2 Å². The van der Waals surface area contributed by atoms with Crippen LogP contribution in [0.1, 0.15) is 43.1 Å². The van der Waals surface area contributed by atoms with Gasteiger partial charge in [0.05, 0.1) is 17.4 Å². The molecule has 0 radical (unpaired) electrons. The van der Waals surface area contributed by atoms with Gasteiger partial charge in [-0.3, -0.25) is 9.48 Å². The molecule has 10 heteroatoms. The van der Waals surface area contributed by atoms with Gasteiger partial charge in [-0.25, -0.2) is 0 Å². The molecule has 0 unspecified atom stereocenters. The number of carbonyl (C=O) groups is 1. The molecule has 10 nitrogen and oxygen atoms in total. The van der Waals surface area contributed by atoms with Crippen LogP contribution in [0.4, 0.5) is 17.5 Å². The number of fused-ring (bicyclic) bond motifs is 1. The number of anilines is 3. The number of aromatic nitrogens is 5. The van der Waals surface area contributed by atoms with Crippen molar-refractivity contribution in [1.82, 2.24) is 25.0 Å². The first kappa shape index (κ1) is 19.1. The van der Waals surface area contributed by atoms with Crippen molar-refractivity contribution in [2.24, 2.45) is 11.5 Å². The largest absolute Gasteiger partial charge is 0.364 e. The van der Waals surface area contributed by atoms with Gasteiger partial charge in [-0.2, -0.15) is 10.1 Å². The molecule has 0 bridgehead atoms. The minimum Gasteiger partial charge on any atom is -0.364 e. The number of hydrogen-bond donors (Lipinski definition) is 4. The van der Waals surface area contributed by atoms with E-state index in [4.69, 9.17) is 11.5 Å². The number of primary amides is 1. The SMILES string of the molecule is CCn1ncc2c(Nc3nc(N[C@@H]4CCCC[C@@H]4N)nnc3C(N)=O)cccc21. The molecule has 152 valence electrons. The first-order chi connectivity index (χ1) is 14.1. The van der Waals surface area contributed by atoms with Gasteiger partial charge < -0.3 is 22.1 Å². The van der Waals surface area contributed by atoms with Gasteiger partial charge in [0.25, 0.3) is 5.91 Å². The average Bonchev–Trinajstić information content (AvgIpc) is 3.14. The van der Waals surface area contributed by atoms with Crippen LogP contribution < -0.4 is 22.1 Å². The first-order valence-electron chi connectivity index (χ1n) is 9.85. The molecule has 29 heavy (non-hydrogen) atoms. The van der Waals surface area contributed by atoms with E-state index in [0.717, 1.165) is 48.8 Å². The van der Waals surface area contributed by atoms with Crippen molar-refractivity contribution >= 4 is 34.3 Å². The highest BCUT2D eigenvalue weighted by molar-refractivity contribution is 5.98. The smallest absolute Gasteiger partial charge is 0.273 e. The van der Waals surface area contributed by atoms with Gasteiger partial charge in [0.1, 0.15) is 0 Å². The number of benzene rings is 1. The molecular formula is C19H25N9O. The summed E-state index contributed by atoms with van der Waals surface area (Å²) in [5.41, 5.74) is 13.4. The molecule has 1 amide bonds. The molecule has 6 N–H and O–H groups in total. The molecule has 0 aliphatic heterocycles. The Morgan fingerprint density at radius 2 is 2.10 bits per heavy atom. The fourth-order valence-electron chi connectivity index (χ4n) is 3.74. The molecule has 2 heterocycles. The molecule has 1 fully saturated rings. The van der Waals surface area contributed by atoms with E-state index in [9.17, 15) is 4.79 Å². The second kappa shape index (κ2) is 8.00. The number of nitrogens with zero attached hydrogens (tertiary/aromatic N) is 5. The normalized spacial score (nSPS) is 19.2. The molecule has 0 spiro atoms. The van der Waals surface area contributed by atoms with E-state index >= 15 is 0 Å². The van der Waals surface area contributed by atoms with Crippen LogP contribution >= 0.6 is 0 Å². The topological polar surface area (TPSA) is 150 Å². The highest BCUT2D eigenvalue weighted by Crippen LogP contribution is 2.27. The van der Waals surface area contributed by atoms with Crippen LogP contribution in [-0.4, -0.2) is 43.0 Å². The first-order valence-corrected chi connectivity index (χ1v) is 9.85. The quantitative estimate of drug-likeness (QED) is 0.493. The molecule has 4 rings (SSSR count). The zero-order valence-corrected chi connectivity index (χ0v) is 16.3. The van der Waals surface area contributed by atoms with E-state index in [1.807, 2.05) is 29.8 Å². The Bertz CT molecular complexity index is 1030. The Morgan fingerprint density at radius 3 is 2.86 bits per heavy atom. The van der Waals surface area contributed by atoms with Gasteiger partial charge in [0.15, 0.2) is 11.5 Å². The summed E-state index contributed by atoms with van der Waals surface area (Å²) in [5.74, 6) is -0.141. The summed E-state index contributed by atoms with van der Waals surface area (Å²) in [4.78, 5) is 16.3. The molecule has 2 aromatic heterocycles. The van der Waals surface area contributed by atoms with E-state index in [-0.39, 0.29) is 23.6 Å². The Labute approximate surface area is 168 Å². The predicted octanol–water partition coefficient (Wildman–Crippen LogP) is 1.77. The van der Waals surface area contributed by atoms with Gasteiger partial charge in [-0.05, 0) is 31.9 Å². The predicted molar refractivity (Wildman–Crippen MR) is 111 cm³/mol. The fraction of sp³-hybridized carbons (Fsp3) is 0.421. The van der Waals surface area contributed by atoms with E-state index < -0.39 is 5.91 Å². The third-order valence-corrected chi connectivity index (χ3v) is 5.29. The standard InChI is InChI=1S/C19H25N9O/c1-2-28-15-9-5-8-13(11(15)10-22-28)23-18-16(17(21)29)26-27-19(25-18)24-14-7-4-3-6-12(14)20/h5,8-10,12,14H,2-4,6-7,20H2,1H3,(H2,21,29)(H2,23,24,25,27)/t12-,14+/m0/s1.